The van der Waals surface area contributed by atoms with Gasteiger partial charge < -0.3 is 19.5 Å². The maximum absolute atomic E-state index is 6.46. The van der Waals surface area contributed by atoms with Crippen LogP contribution in [0.15, 0.2) is 44.8 Å². The van der Waals surface area contributed by atoms with Crippen LogP contribution in [0.1, 0.15) is 65.7 Å². The van der Waals surface area contributed by atoms with Crippen LogP contribution in [0.3, 0.4) is 0 Å². The zero-order valence-corrected chi connectivity index (χ0v) is 23.3. The summed E-state index contributed by atoms with van der Waals surface area (Å²) in [5, 5.41) is 7.76. The Bertz CT molecular complexity index is 930. The highest BCUT2D eigenvalue weighted by atomic mass is 32.2. The second kappa shape index (κ2) is 12.8. The predicted octanol–water partition coefficient (Wildman–Crippen LogP) is 5.59. The fourth-order valence-electron chi connectivity index (χ4n) is 4.72. The monoisotopic (exact) mass is 501 g/mol. The van der Waals surface area contributed by atoms with E-state index >= 15 is 0 Å². The Morgan fingerprint density at radius 1 is 1.26 bits per heavy atom. The summed E-state index contributed by atoms with van der Waals surface area (Å²) in [4.78, 5) is 12.8. The van der Waals surface area contributed by atoms with Crippen molar-refractivity contribution in [3.8, 4) is 0 Å². The minimum Gasteiger partial charge on any atom is -0.373 e. The maximum Gasteiger partial charge on any atom is 0.266 e. The molecule has 1 saturated heterocycles. The summed E-state index contributed by atoms with van der Waals surface area (Å²) < 4.78 is 11.8. The summed E-state index contributed by atoms with van der Waals surface area (Å²) in [6.07, 6.45) is 11.9. The lowest BCUT2D eigenvalue weighted by Crippen LogP contribution is -2.46. The minimum atomic E-state index is -0.00925. The molecule has 1 aromatic heterocycles. The van der Waals surface area contributed by atoms with Gasteiger partial charge >= 0.3 is 0 Å². The molecule has 2 fully saturated rings. The van der Waals surface area contributed by atoms with Crippen molar-refractivity contribution in [3.63, 3.8) is 0 Å². The standard InChI is InChI=1S/C25H37N5O2S.C2H6/c1-7-21(27-23(26-5)18-8-9-22(33-6)20-14-19(18)20)16(4)31-17-10-12-30(13-11-17)25-28-24(15(2)3)32-29-25;1-2/h7-9,15-17,19-21H,1,10-14H2,2-6H3,(H,26,27);1-2H3/t16-,19?,20?,21?;/m1./s1. The zero-order valence-electron chi connectivity index (χ0n) is 22.5. The van der Waals surface area contributed by atoms with Crippen LogP contribution >= 0.6 is 11.8 Å². The van der Waals surface area contributed by atoms with Gasteiger partial charge in [0, 0.05) is 26.1 Å². The van der Waals surface area contributed by atoms with Crippen LogP contribution in [0, 0.1) is 11.8 Å². The molecule has 0 radical (unpaired) electrons. The molecule has 4 rings (SSSR count). The van der Waals surface area contributed by atoms with E-state index in [4.69, 9.17) is 9.26 Å². The van der Waals surface area contributed by atoms with Gasteiger partial charge in [-0.1, -0.05) is 45.9 Å². The quantitative estimate of drug-likeness (QED) is 0.269. The average molecular weight is 502 g/mol. The molecule has 2 heterocycles. The first-order valence-corrected chi connectivity index (χ1v) is 14.2. The smallest absolute Gasteiger partial charge is 0.266 e. The molecule has 2 aliphatic carbocycles. The van der Waals surface area contributed by atoms with E-state index in [1.165, 1.54) is 16.9 Å². The molecule has 194 valence electrons. The number of piperidine rings is 1. The maximum atomic E-state index is 6.46. The normalized spacial score (nSPS) is 24.0. The van der Waals surface area contributed by atoms with Gasteiger partial charge in [0.1, 0.15) is 5.84 Å². The van der Waals surface area contributed by atoms with E-state index in [2.05, 4.69) is 71.1 Å². The molecule has 1 aliphatic heterocycles. The van der Waals surface area contributed by atoms with Gasteiger partial charge in [-0.15, -0.1) is 18.3 Å². The number of anilines is 1. The number of hydrogen-bond donors (Lipinski definition) is 1. The van der Waals surface area contributed by atoms with Crippen molar-refractivity contribution in [1.82, 2.24) is 15.5 Å². The summed E-state index contributed by atoms with van der Waals surface area (Å²) in [5.74, 6) is 3.86. The number of thioether (sulfide) groups is 1. The molecule has 7 nitrogen and oxygen atoms in total. The Balaban J connectivity index is 0.00000167. The molecular formula is C27H43N5O2S. The third-order valence-electron chi connectivity index (χ3n) is 6.84. The van der Waals surface area contributed by atoms with E-state index in [9.17, 15) is 0 Å². The lowest BCUT2D eigenvalue weighted by molar-refractivity contribution is -0.0220. The third-order valence-corrected chi connectivity index (χ3v) is 7.75. The molecule has 35 heavy (non-hydrogen) atoms. The van der Waals surface area contributed by atoms with Crippen LogP contribution in [0.4, 0.5) is 5.95 Å². The number of aliphatic imine (C=N–C) groups is 1. The van der Waals surface area contributed by atoms with Crippen LogP contribution in [0.25, 0.3) is 0 Å². The largest absolute Gasteiger partial charge is 0.373 e. The van der Waals surface area contributed by atoms with Gasteiger partial charge in [-0.05, 0) is 59.9 Å². The van der Waals surface area contributed by atoms with Crippen LogP contribution in [0.5, 0.6) is 0 Å². The summed E-state index contributed by atoms with van der Waals surface area (Å²) in [7, 11) is 1.86. The number of ether oxygens (including phenoxy) is 1. The number of allylic oxidation sites excluding steroid dienone is 3. The van der Waals surface area contributed by atoms with E-state index in [-0.39, 0.29) is 24.2 Å². The van der Waals surface area contributed by atoms with Gasteiger partial charge in [0.2, 0.25) is 5.89 Å². The Kier molecular flexibility index (Phi) is 10.0. The topological polar surface area (TPSA) is 75.8 Å². The van der Waals surface area contributed by atoms with Crippen molar-refractivity contribution in [3.05, 3.63) is 41.2 Å². The summed E-state index contributed by atoms with van der Waals surface area (Å²) >= 11 is 1.86. The van der Waals surface area contributed by atoms with Crippen molar-refractivity contribution >= 4 is 23.5 Å². The third kappa shape index (κ3) is 6.58. The van der Waals surface area contributed by atoms with Gasteiger partial charge in [0.25, 0.3) is 5.95 Å². The number of nitrogens with zero attached hydrogens (tertiary/aromatic N) is 4. The lowest BCUT2D eigenvalue weighted by atomic mass is 10.0. The van der Waals surface area contributed by atoms with Crippen molar-refractivity contribution < 1.29 is 9.26 Å². The summed E-state index contributed by atoms with van der Waals surface area (Å²) in [5.41, 5.74) is 1.31. The Labute approximate surface area is 215 Å². The molecule has 0 aromatic carbocycles. The first-order valence-electron chi connectivity index (χ1n) is 13.0. The molecule has 0 amide bonds. The van der Waals surface area contributed by atoms with Gasteiger partial charge in [-0.25, -0.2) is 0 Å². The molecule has 1 aromatic rings. The van der Waals surface area contributed by atoms with E-state index in [0.29, 0.717) is 23.7 Å². The molecule has 3 unspecified atom stereocenters. The molecule has 0 bridgehead atoms. The van der Waals surface area contributed by atoms with Crippen LogP contribution in [-0.4, -0.2) is 60.6 Å². The molecule has 1 N–H and O–H groups in total. The highest BCUT2D eigenvalue weighted by Gasteiger charge is 2.45. The van der Waals surface area contributed by atoms with Crippen molar-refractivity contribution in [2.45, 2.75) is 78.0 Å². The number of amidine groups is 1. The second-order valence-electron chi connectivity index (χ2n) is 9.44. The highest BCUT2D eigenvalue weighted by molar-refractivity contribution is 8.02. The van der Waals surface area contributed by atoms with E-state index in [1.807, 2.05) is 38.7 Å². The highest BCUT2D eigenvalue weighted by Crippen LogP contribution is 2.54. The molecular weight excluding hydrogens is 458 g/mol. The number of aromatic nitrogens is 2. The van der Waals surface area contributed by atoms with E-state index < -0.39 is 0 Å². The number of fused-ring (bicyclic) bond motifs is 1. The number of hydrogen-bond acceptors (Lipinski definition) is 7. The minimum absolute atomic E-state index is 0.00318. The fraction of sp³-hybridized carbons (Fsp3) is 0.667. The zero-order chi connectivity index (χ0) is 25.5. The molecule has 8 heteroatoms. The Morgan fingerprint density at radius 2 is 1.97 bits per heavy atom. The summed E-state index contributed by atoms with van der Waals surface area (Å²) in [6.45, 7) is 16.0. The average Bonchev–Trinajstić information content (AvgIpc) is 3.53. The SMILES string of the molecule is C=CC(NC(=NC)C1=CC=C(SC)C2CC12)[C@@H](C)OC1CCN(c2noc(C(C)C)n2)CC1.CC. The fourth-order valence-corrected chi connectivity index (χ4v) is 5.49. The number of rotatable bonds is 9. The van der Waals surface area contributed by atoms with Gasteiger partial charge in [0.05, 0.1) is 18.2 Å². The van der Waals surface area contributed by atoms with Crippen molar-refractivity contribution in [2.75, 3.05) is 31.3 Å². The van der Waals surface area contributed by atoms with Crippen LogP contribution in [-0.2, 0) is 4.74 Å². The molecule has 1 saturated carbocycles. The van der Waals surface area contributed by atoms with Crippen LogP contribution < -0.4 is 10.2 Å². The summed E-state index contributed by atoms with van der Waals surface area (Å²) in [6, 6.07) is -0.00318. The first-order chi connectivity index (χ1) is 16.9. The Hall–Kier alpha value is -2.06. The van der Waals surface area contributed by atoms with Crippen LogP contribution in [0.2, 0.25) is 0 Å². The molecule has 3 aliphatic rings. The predicted molar refractivity (Wildman–Crippen MR) is 147 cm³/mol. The van der Waals surface area contributed by atoms with Gasteiger partial charge in [0.15, 0.2) is 0 Å². The Morgan fingerprint density at radius 3 is 2.54 bits per heavy atom. The molecule has 4 atom stereocenters. The second-order valence-corrected chi connectivity index (χ2v) is 10.3. The van der Waals surface area contributed by atoms with Gasteiger partial charge in [-0.3, -0.25) is 4.99 Å². The van der Waals surface area contributed by atoms with E-state index in [1.54, 1.807) is 0 Å². The van der Waals surface area contributed by atoms with Gasteiger partial charge in [-0.2, -0.15) is 4.98 Å². The number of nitrogens with one attached hydrogen (secondary N) is 1. The van der Waals surface area contributed by atoms with Crippen molar-refractivity contribution in [1.29, 1.82) is 0 Å². The lowest BCUT2D eigenvalue weighted by Gasteiger charge is -2.34. The van der Waals surface area contributed by atoms with E-state index in [0.717, 1.165) is 31.8 Å². The first kappa shape index (κ1) is 27.5. The van der Waals surface area contributed by atoms with Crippen molar-refractivity contribution in [2.24, 2.45) is 16.8 Å². The molecule has 0 spiro atoms.